The monoisotopic (exact) mass is 512 g/mol. The smallest absolute Gasteiger partial charge is 0.333 e. The number of rotatable bonds is 15. The molecule has 1 aromatic carbocycles. The van der Waals surface area contributed by atoms with E-state index < -0.39 is 41.9 Å². The third-order valence-corrected chi connectivity index (χ3v) is 5.58. The highest BCUT2D eigenvalue weighted by molar-refractivity contribution is 6.18. The number of nitrogens with one attached hydrogen (secondary N) is 1. The maximum atomic E-state index is 13.0. The summed E-state index contributed by atoms with van der Waals surface area (Å²) in [5.74, 6) is -2.57. The molecule has 1 saturated heterocycles. The van der Waals surface area contributed by atoms with Gasteiger partial charge in [0.15, 0.2) is 24.9 Å². The van der Waals surface area contributed by atoms with E-state index in [1.54, 1.807) is 45.0 Å². The Labute approximate surface area is 210 Å². The molecule has 3 atom stereocenters. The van der Waals surface area contributed by atoms with Crippen LogP contribution >= 0.6 is 11.6 Å². The second-order valence-corrected chi connectivity index (χ2v) is 8.04. The number of benzene rings is 1. The van der Waals surface area contributed by atoms with E-state index in [-0.39, 0.29) is 19.1 Å². The molecule has 0 bridgehead atoms. The molecule has 1 fully saturated rings. The van der Waals surface area contributed by atoms with Crippen molar-refractivity contribution in [2.75, 3.05) is 39.4 Å². The SMILES string of the molecule is C=C(C)C(C(=O)OC)N1C(=O)[C@H](NC(=O)COc2ccccc2)[C@@H]1OCC(CCl)(OCC)OCC. The van der Waals surface area contributed by atoms with Crippen LogP contribution in [-0.4, -0.2) is 86.2 Å². The number of alkyl halides is 1. The average molecular weight is 513 g/mol. The molecule has 0 spiro atoms. The fourth-order valence-electron chi connectivity index (χ4n) is 3.59. The van der Waals surface area contributed by atoms with Crippen molar-refractivity contribution in [1.82, 2.24) is 10.2 Å². The summed E-state index contributed by atoms with van der Waals surface area (Å²) in [7, 11) is 1.21. The Morgan fingerprint density at radius 1 is 1.20 bits per heavy atom. The second-order valence-electron chi connectivity index (χ2n) is 7.78. The highest BCUT2D eigenvalue weighted by atomic mass is 35.5. The van der Waals surface area contributed by atoms with Crippen molar-refractivity contribution >= 4 is 29.4 Å². The molecule has 1 aliphatic heterocycles. The molecule has 1 aliphatic rings. The molecule has 194 valence electrons. The summed E-state index contributed by atoms with van der Waals surface area (Å²) in [5.41, 5.74) is 0.370. The molecule has 35 heavy (non-hydrogen) atoms. The summed E-state index contributed by atoms with van der Waals surface area (Å²) in [5, 5.41) is 2.61. The fourth-order valence-corrected chi connectivity index (χ4v) is 3.83. The van der Waals surface area contributed by atoms with Crippen molar-refractivity contribution in [3.63, 3.8) is 0 Å². The van der Waals surface area contributed by atoms with Gasteiger partial charge in [0.05, 0.1) is 13.0 Å². The molecule has 0 radical (unpaired) electrons. The maximum absolute atomic E-state index is 13.0. The van der Waals surface area contributed by atoms with Crippen LogP contribution in [0.25, 0.3) is 0 Å². The van der Waals surface area contributed by atoms with Crippen molar-refractivity contribution in [2.24, 2.45) is 0 Å². The third-order valence-electron chi connectivity index (χ3n) is 5.17. The third kappa shape index (κ3) is 7.17. The molecule has 1 heterocycles. The molecule has 2 rings (SSSR count). The number of para-hydroxylation sites is 1. The van der Waals surface area contributed by atoms with Crippen LogP contribution in [0.3, 0.4) is 0 Å². The Balaban J connectivity index is 2.20. The van der Waals surface area contributed by atoms with Gasteiger partial charge >= 0.3 is 5.97 Å². The van der Waals surface area contributed by atoms with Crippen LogP contribution in [0.2, 0.25) is 0 Å². The number of hydrogen-bond donors (Lipinski definition) is 1. The van der Waals surface area contributed by atoms with Gasteiger partial charge in [-0.1, -0.05) is 24.8 Å². The number of amides is 2. The van der Waals surface area contributed by atoms with E-state index in [9.17, 15) is 14.4 Å². The largest absolute Gasteiger partial charge is 0.484 e. The van der Waals surface area contributed by atoms with Crippen LogP contribution in [0.15, 0.2) is 42.5 Å². The van der Waals surface area contributed by atoms with Gasteiger partial charge in [-0.15, -0.1) is 11.6 Å². The zero-order valence-electron chi connectivity index (χ0n) is 20.5. The molecule has 1 N–H and O–H groups in total. The highest BCUT2D eigenvalue weighted by Gasteiger charge is 2.55. The summed E-state index contributed by atoms with van der Waals surface area (Å²) < 4.78 is 27.6. The fraction of sp³-hybridized carbons (Fsp3) is 0.542. The quantitative estimate of drug-likeness (QED) is 0.125. The van der Waals surface area contributed by atoms with Crippen LogP contribution in [-0.2, 0) is 33.3 Å². The lowest BCUT2D eigenvalue weighted by Crippen LogP contribution is -2.75. The van der Waals surface area contributed by atoms with Crippen molar-refractivity contribution < 1.29 is 38.1 Å². The van der Waals surface area contributed by atoms with Crippen LogP contribution in [0.4, 0.5) is 0 Å². The van der Waals surface area contributed by atoms with Gasteiger partial charge in [0.2, 0.25) is 5.79 Å². The number of methoxy groups -OCH3 is 1. The standard InChI is InChI=1S/C24H33ClN2O8/c1-6-34-24(14-25,35-7-2)15-33-22-19(21(29)27(22)20(16(3)4)23(30)31-5)26-18(28)13-32-17-11-9-8-10-12-17/h8-12,19-20,22H,3,6-7,13-15H2,1-2,4-5H3,(H,26,28)/t19-,20?,22-/m0/s1. The zero-order chi connectivity index (χ0) is 26.0. The normalized spacial score (nSPS) is 18.4. The predicted octanol–water partition coefficient (Wildman–Crippen LogP) is 1.86. The Bertz CT molecular complexity index is 876. The topological polar surface area (TPSA) is 113 Å². The van der Waals surface area contributed by atoms with E-state index in [4.69, 9.17) is 35.3 Å². The van der Waals surface area contributed by atoms with E-state index in [2.05, 4.69) is 11.9 Å². The molecule has 0 saturated carbocycles. The number of esters is 1. The molecule has 1 aromatic rings. The first kappa shape index (κ1) is 28.6. The van der Waals surface area contributed by atoms with E-state index in [1.165, 1.54) is 12.0 Å². The number of hydrogen-bond acceptors (Lipinski definition) is 8. The van der Waals surface area contributed by atoms with Gasteiger partial charge < -0.3 is 29.0 Å². The molecule has 10 nitrogen and oxygen atoms in total. The second kappa shape index (κ2) is 13.4. The average Bonchev–Trinajstić information content (AvgIpc) is 2.86. The van der Waals surface area contributed by atoms with Gasteiger partial charge in [0.25, 0.3) is 11.8 Å². The molecular weight excluding hydrogens is 480 g/mol. The molecule has 0 aromatic heterocycles. The molecule has 0 aliphatic carbocycles. The number of halogens is 1. The van der Waals surface area contributed by atoms with Crippen molar-refractivity contribution in [3.05, 3.63) is 42.5 Å². The minimum absolute atomic E-state index is 0.0434. The Hall–Kier alpha value is -2.66. The number of nitrogens with zero attached hydrogens (tertiary/aromatic N) is 1. The van der Waals surface area contributed by atoms with Gasteiger partial charge in [-0.2, -0.15) is 0 Å². The van der Waals surface area contributed by atoms with Gasteiger partial charge in [0.1, 0.15) is 12.4 Å². The summed E-state index contributed by atoms with van der Waals surface area (Å²) >= 11 is 6.11. The van der Waals surface area contributed by atoms with Crippen molar-refractivity contribution in [2.45, 2.75) is 44.9 Å². The van der Waals surface area contributed by atoms with Gasteiger partial charge in [-0.05, 0) is 38.5 Å². The Morgan fingerprint density at radius 2 is 1.83 bits per heavy atom. The molecular formula is C24H33ClN2O8. The lowest BCUT2D eigenvalue weighted by molar-refractivity contribution is -0.268. The van der Waals surface area contributed by atoms with Crippen LogP contribution in [0.5, 0.6) is 5.75 Å². The predicted molar refractivity (Wildman–Crippen MR) is 128 cm³/mol. The first-order valence-electron chi connectivity index (χ1n) is 11.2. The summed E-state index contributed by atoms with van der Waals surface area (Å²) in [6.45, 7) is 9.08. The number of likely N-dealkylation sites (tertiary alicyclic amines) is 1. The summed E-state index contributed by atoms with van der Waals surface area (Å²) in [6.07, 6.45) is -1.03. The van der Waals surface area contributed by atoms with Gasteiger partial charge in [0, 0.05) is 13.2 Å². The number of β-lactam (4-membered cyclic amide) rings is 1. The number of carbonyl (C=O) groups is 3. The number of ether oxygens (including phenoxy) is 5. The van der Waals surface area contributed by atoms with E-state index in [1.807, 2.05) is 6.07 Å². The van der Waals surface area contributed by atoms with Crippen LogP contribution in [0.1, 0.15) is 20.8 Å². The molecule has 2 amide bonds. The minimum atomic E-state index is -1.27. The Morgan fingerprint density at radius 3 is 2.34 bits per heavy atom. The van der Waals surface area contributed by atoms with Crippen molar-refractivity contribution in [1.29, 1.82) is 0 Å². The van der Waals surface area contributed by atoms with E-state index in [0.717, 1.165) is 0 Å². The number of carbonyl (C=O) groups excluding carboxylic acids is 3. The van der Waals surface area contributed by atoms with Crippen LogP contribution in [0, 0.1) is 0 Å². The van der Waals surface area contributed by atoms with E-state index >= 15 is 0 Å². The van der Waals surface area contributed by atoms with Gasteiger partial charge in [-0.3, -0.25) is 14.5 Å². The zero-order valence-corrected chi connectivity index (χ0v) is 21.2. The Kier molecular flexibility index (Phi) is 11.0. The summed E-state index contributed by atoms with van der Waals surface area (Å²) in [6, 6.07) is 6.60. The lowest BCUT2D eigenvalue weighted by atomic mass is 9.97. The molecule has 1 unspecified atom stereocenters. The summed E-state index contributed by atoms with van der Waals surface area (Å²) in [4.78, 5) is 39.2. The minimum Gasteiger partial charge on any atom is -0.484 e. The lowest BCUT2D eigenvalue weighted by Gasteiger charge is -2.50. The first-order chi connectivity index (χ1) is 16.7. The highest BCUT2D eigenvalue weighted by Crippen LogP contribution is 2.30. The van der Waals surface area contributed by atoms with Crippen molar-refractivity contribution in [3.8, 4) is 5.75 Å². The van der Waals surface area contributed by atoms with E-state index in [0.29, 0.717) is 24.5 Å². The first-order valence-corrected chi connectivity index (χ1v) is 11.7. The van der Waals surface area contributed by atoms with Gasteiger partial charge in [-0.25, -0.2) is 4.79 Å². The molecule has 11 heteroatoms. The maximum Gasteiger partial charge on any atom is 0.333 e. The van der Waals surface area contributed by atoms with Crippen LogP contribution < -0.4 is 10.1 Å².